The van der Waals surface area contributed by atoms with Gasteiger partial charge in [-0.1, -0.05) is 12.1 Å². The Morgan fingerprint density at radius 2 is 2.07 bits per heavy atom. The molecule has 0 aliphatic rings. The number of carboxylic acids is 1. The van der Waals surface area contributed by atoms with E-state index in [0.29, 0.717) is 5.56 Å². The molecule has 0 bridgehead atoms. The van der Waals surface area contributed by atoms with Gasteiger partial charge in [-0.3, -0.25) is 0 Å². The van der Waals surface area contributed by atoms with Crippen LogP contribution < -0.4 is 0 Å². The van der Waals surface area contributed by atoms with Gasteiger partial charge in [0.05, 0.1) is 12.7 Å². The summed E-state index contributed by atoms with van der Waals surface area (Å²) in [7, 11) is 0. The van der Waals surface area contributed by atoms with Crippen LogP contribution in [0, 0.1) is 0 Å². The molecule has 0 spiro atoms. The van der Waals surface area contributed by atoms with Crippen molar-refractivity contribution >= 4 is 5.97 Å². The van der Waals surface area contributed by atoms with E-state index >= 15 is 0 Å². The smallest absolute Gasteiger partial charge is 0.339 e. The molecule has 82 valence electrons. The van der Waals surface area contributed by atoms with Crippen LogP contribution in [-0.2, 0) is 6.42 Å². The summed E-state index contributed by atoms with van der Waals surface area (Å²) in [6, 6.07) is 4.25. The van der Waals surface area contributed by atoms with Crippen molar-refractivity contribution in [2.75, 3.05) is 6.61 Å². The Balaban J connectivity index is 2.99. The Hall–Kier alpha value is -1.59. The molecular formula is C10H12O5. The zero-order chi connectivity index (χ0) is 11.4. The first-order valence-corrected chi connectivity index (χ1v) is 4.39. The fraction of sp³-hybridized carbons (Fsp3) is 0.300. The lowest BCUT2D eigenvalue weighted by molar-refractivity contribution is 0.0692. The van der Waals surface area contributed by atoms with Crippen molar-refractivity contribution in [3.63, 3.8) is 0 Å². The molecule has 0 aliphatic heterocycles. The van der Waals surface area contributed by atoms with Gasteiger partial charge in [0.25, 0.3) is 0 Å². The van der Waals surface area contributed by atoms with Gasteiger partial charge < -0.3 is 20.4 Å². The average Bonchev–Trinajstić information content (AvgIpc) is 2.20. The summed E-state index contributed by atoms with van der Waals surface area (Å²) in [6.45, 7) is -0.434. The molecule has 4 N–H and O–H groups in total. The third kappa shape index (κ3) is 2.68. The molecule has 0 radical (unpaired) electrons. The molecule has 1 aromatic carbocycles. The van der Waals surface area contributed by atoms with Gasteiger partial charge in [-0.25, -0.2) is 4.79 Å². The number of aliphatic hydroxyl groups excluding tert-OH is 2. The molecule has 0 saturated heterocycles. The van der Waals surface area contributed by atoms with Crippen molar-refractivity contribution in [2.45, 2.75) is 12.5 Å². The van der Waals surface area contributed by atoms with Crippen molar-refractivity contribution in [1.29, 1.82) is 0 Å². The Kier molecular flexibility index (Phi) is 3.65. The first-order chi connectivity index (χ1) is 7.06. The number of hydrogen-bond acceptors (Lipinski definition) is 4. The lowest BCUT2D eigenvalue weighted by Gasteiger charge is -2.10. The van der Waals surface area contributed by atoms with E-state index in [0.717, 1.165) is 0 Å². The van der Waals surface area contributed by atoms with Crippen molar-refractivity contribution in [2.24, 2.45) is 0 Å². The number of rotatable bonds is 4. The normalized spacial score (nSPS) is 12.4. The number of carbonyl (C=O) groups is 1. The fourth-order valence-corrected chi connectivity index (χ4v) is 1.25. The first kappa shape index (κ1) is 11.5. The summed E-state index contributed by atoms with van der Waals surface area (Å²) in [4.78, 5) is 10.7. The van der Waals surface area contributed by atoms with E-state index in [1.807, 2.05) is 0 Å². The van der Waals surface area contributed by atoms with E-state index in [1.54, 1.807) is 0 Å². The van der Waals surface area contributed by atoms with Crippen molar-refractivity contribution in [1.82, 2.24) is 0 Å². The lowest BCUT2D eigenvalue weighted by atomic mass is 10.0. The predicted molar refractivity (Wildman–Crippen MR) is 51.9 cm³/mol. The predicted octanol–water partition coefficient (Wildman–Crippen LogP) is -0.0139. The fourth-order valence-electron chi connectivity index (χ4n) is 1.25. The number of hydrogen-bond donors (Lipinski definition) is 4. The minimum atomic E-state index is -1.23. The van der Waals surface area contributed by atoms with Gasteiger partial charge in [0.2, 0.25) is 0 Å². The van der Waals surface area contributed by atoms with Gasteiger partial charge in [-0.2, -0.15) is 0 Å². The first-order valence-electron chi connectivity index (χ1n) is 4.39. The zero-order valence-corrected chi connectivity index (χ0v) is 7.92. The van der Waals surface area contributed by atoms with Crippen molar-refractivity contribution in [3.05, 3.63) is 29.3 Å². The molecule has 1 atom stereocenters. The summed E-state index contributed by atoms with van der Waals surface area (Å²) >= 11 is 0. The molecule has 0 unspecified atom stereocenters. The molecule has 1 rings (SSSR count). The van der Waals surface area contributed by atoms with Gasteiger partial charge >= 0.3 is 5.97 Å². The zero-order valence-electron chi connectivity index (χ0n) is 7.92. The molecule has 0 heterocycles. The highest BCUT2D eigenvalue weighted by Gasteiger charge is 2.14. The van der Waals surface area contributed by atoms with Crippen LogP contribution in [0.15, 0.2) is 18.2 Å². The minimum absolute atomic E-state index is 0.0173. The third-order valence-electron chi connectivity index (χ3n) is 2.02. The van der Waals surface area contributed by atoms with E-state index in [2.05, 4.69) is 0 Å². The maximum Gasteiger partial charge on any atom is 0.339 e. The quantitative estimate of drug-likeness (QED) is 0.562. The number of benzene rings is 1. The van der Waals surface area contributed by atoms with Gasteiger partial charge in [0.15, 0.2) is 0 Å². The highest BCUT2D eigenvalue weighted by Crippen LogP contribution is 2.23. The summed E-state index contributed by atoms with van der Waals surface area (Å²) < 4.78 is 0. The molecule has 5 nitrogen and oxygen atoms in total. The summed E-state index contributed by atoms with van der Waals surface area (Å²) in [5.74, 6) is -1.59. The van der Waals surface area contributed by atoms with Crippen LogP contribution >= 0.6 is 0 Å². The Morgan fingerprint density at radius 3 is 2.60 bits per heavy atom. The van der Waals surface area contributed by atoms with Crippen LogP contribution in [0.1, 0.15) is 15.9 Å². The molecular weight excluding hydrogens is 200 g/mol. The van der Waals surface area contributed by atoms with Crippen LogP contribution in [0.4, 0.5) is 0 Å². The Labute approximate surface area is 86.2 Å². The summed E-state index contributed by atoms with van der Waals surface area (Å²) in [6.07, 6.45) is -0.983. The number of para-hydroxylation sites is 1. The molecule has 0 saturated carbocycles. The Morgan fingerprint density at radius 1 is 1.40 bits per heavy atom. The second kappa shape index (κ2) is 4.77. The van der Waals surface area contributed by atoms with E-state index < -0.39 is 18.7 Å². The highest BCUT2D eigenvalue weighted by atomic mass is 16.4. The van der Waals surface area contributed by atoms with Gasteiger partial charge in [0, 0.05) is 6.42 Å². The standard InChI is InChI=1S/C10H12O5/c11-5-7(12)4-6-2-1-3-8(9(6)13)10(14)15/h1-3,7,11-13H,4-5H2,(H,14,15)/t7-/m0/s1. The topological polar surface area (TPSA) is 98.0 Å². The van der Waals surface area contributed by atoms with E-state index in [9.17, 15) is 9.90 Å². The Bertz CT molecular complexity index is 361. The molecule has 1 aromatic rings. The second-order valence-electron chi connectivity index (χ2n) is 3.16. The number of carboxylic acid groups (broad SMARTS) is 1. The molecule has 5 heteroatoms. The van der Waals surface area contributed by atoms with E-state index in [4.69, 9.17) is 15.3 Å². The van der Waals surface area contributed by atoms with Crippen LogP contribution in [0.25, 0.3) is 0 Å². The van der Waals surface area contributed by atoms with Crippen molar-refractivity contribution < 1.29 is 25.2 Å². The number of aromatic hydroxyl groups is 1. The largest absolute Gasteiger partial charge is 0.507 e. The molecule has 0 fully saturated rings. The maximum absolute atomic E-state index is 10.7. The molecule has 15 heavy (non-hydrogen) atoms. The maximum atomic E-state index is 10.7. The molecule has 0 amide bonds. The van der Waals surface area contributed by atoms with Gasteiger partial charge in [0.1, 0.15) is 11.3 Å². The van der Waals surface area contributed by atoms with Crippen LogP contribution in [0.5, 0.6) is 5.75 Å². The van der Waals surface area contributed by atoms with E-state index in [1.165, 1.54) is 18.2 Å². The summed E-state index contributed by atoms with van der Waals surface area (Å²) in [5.41, 5.74) is 0.0917. The number of aromatic carboxylic acids is 1. The lowest BCUT2D eigenvalue weighted by Crippen LogP contribution is -2.15. The number of aliphatic hydroxyl groups is 2. The monoisotopic (exact) mass is 212 g/mol. The van der Waals surface area contributed by atoms with Gasteiger partial charge in [-0.15, -0.1) is 0 Å². The average molecular weight is 212 g/mol. The minimum Gasteiger partial charge on any atom is -0.507 e. The van der Waals surface area contributed by atoms with Crippen LogP contribution in [0.2, 0.25) is 0 Å². The SMILES string of the molecule is O=C(O)c1cccc(C[C@H](O)CO)c1O. The second-order valence-corrected chi connectivity index (χ2v) is 3.16. The highest BCUT2D eigenvalue weighted by molar-refractivity contribution is 5.91. The van der Waals surface area contributed by atoms with Crippen molar-refractivity contribution in [3.8, 4) is 5.75 Å². The van der Waals surface area contributed by atoms with E-state index in [-0.39, 0.29) is 17.7 Å². The van der Waals surface area contributed by atoms with Gasteiger partial charge in [-0.05, 0) is 11.6 Å². The van der Waals surface area contributed by atoms with Crippen LogP contribution in [0.3, 0.4) is 0 Å². The third-order valence-corrected chi connectivity index (χ3v) is 2.02. The molecule has 0 aliphatic carbocycles. The number of phenols is 1. The van der Waals surface area contributed by atoms with Crippen LogP contribution in [-0.4, -0.2) is 39.1 Å². The summed E-state index contributed by atoms with van der Waals surface area (Å²) in [5, 5.41) is 36.0. The molecule has 0 aromatic heterocycles.